The summed E-state index contributed by atoms with van der Waals surface area (Å²) in [5.74, 6) is 1.67. The number of hydrogen-bond acceptors (Lipinski definition) is 3. The van der Waals surface area contributed by atoms with E-state index in [1.54, 1.807) is 0 Å². The number of aromatic nitrogens is 2. The van der Waals surface area contributed by atoms with Crippen LogP contribution in [0.4, 0.5) is 0 Å². The molecular weight excluding hydrogens is 312 g/mol. The van der Waals surface area contributed by atoms with Gasteiger partial charge in [0.15, 0.2) is 5.96 Å². The minimum absolute atomic E-state index is 0.456. The van der Waals surface area contributed by atoms with Gasteiger partial charge in [0, 0.05) is 57.7 Å². The Morgan fingerprint density at radius 1 is 1.32 bits per heavy atom. The Morgan fingerprint density at radius 2 is 2.04 bits per heavy atom. The van der Waals surface area contributed by atoms with E-state index >= 15 is 0 Å². The number of nitrogens with one attached hydrogen (secondary N) is 1. The van der Waals surface area contributed by atoms with Crippen molar-refractivity contribution in [2.45, 2.75) is 59.2 Å². The zero-order valence-corrected chi connectivity index (χ0v) is 16.8. The van der Waals surface area contributed by atoms with E-state index in [0.29, 0.717) is 24.0 Å². The van der Waals surface area contributed by atoms with Crippen molar-refractivity contribution in [3.05, 3.63) is 18.7 Å². The molecule has 2 unspecified atom stereocenters. The Labute approximate surface area is 153 Å². The number of imidazole rings is 1. The normalized spacial score (nSPS) is 22.3. The topological polar surface area (TPSA) is 48.7 Å². The summed E-state index contributed by atoms with van der Waals surface area (Å²) in [5, 5.41) is 3.57. The SMILES string of the molecule is CN=C(NCCN(C(C)C)C(C)C)N1CCC(C)C(n2ccnc2)C1. The molecule has 0 bridgehead atoms. The van der Waals surface area contributed by atoms with Gasteiger partial charge >= 0.3 is 0 Å². The van der Waals surface area contributed by atoms with Crippen LogP contribution in [0.15, 0.2) is 23.7 Å². The van der Waals surface area contributed by atoms with Crippen LogP contribution in [0.1, 0.15) is 47.1 Å². The molecule has 2 heterocycles. The lowest BCUT2D eigenvalue weighted by molar-refractivity contribution is 0.173. The van der Waals surface area contributed by atoms with Gasteiger partial charge in [0.05, 0.1) is 12.4 Å². The fourth-order valence-electron chi connectivity index (χ4n) is 3.84. The molecule has 0 radical (unpaired) electrons. The Kier molecular flexibility index (Phi) is 7.29. The predicted molar refractivity (Wildman–Crippen MR) is 105 cm³/mol. The van der Waals surface area contributed by atoms with Crippen molar-refractivity contribution in [3.63, 3.8) is 0 Å². The maximum atomic E-state index is 4.53. The predicted octanol–water partition coefficient (Wildman–Crippen LogP) is 2.46. The second-order valence-electron chi connectivity index (χ2n) is 7.69. The van der Waals surface area contributed by atoms with Crippen molar-refractivity contribution in [1.29, 1.82) is 0 Å². The fourth-order valence-corrected chi connectivity index (χ4v) is 3.84. The van der Waals surface area contributed by atoms with E-state index in [1.807, 2.05) is 19.6 Å². The quantitative estimate of drug-likeness (QED) is 0.634. The molecule has 1 saturated heterocycles. The van der Waals surface area contributed by atoms with Crippen LogP contribution in [0.2, 0.25) is 0 Å². The van der Waals surface area contributed by atoms with E-state index in [1.165, 1.54) is 6.42 Å². The highest BCUT2D eigenvalue weighted by Gasteiger charge is 2.28. The van der Waals surface area contributed by atoms with Gasteiger partial charge in [-0.05, 0) is 40.0 Å². The van der Waals surface area contributed by atoms with Crippen molar-refractivity contribution in [1.82, 2.24) is 24.7 Å². The van der Waals surface area contributed by atoms with Crippen LogP contribution in [0.3, 0.4) is 0 Å². The summed E-state index contributed by atoms with van der Waals surface area (Å²) in [4.78, 5) is 13.6. The van der Waals surface area contributed by atoms with Crippen LogP contribution in [-0.4, -0.2) is 70.6 Å². The summed E-state index contributed by atoms with van der Waals surface area (Å²) in [6.07, 6.45) is 7.05. The molecule has 0 saturated carbocycles. The highest BCUT2D eigenvalue weighted by molar-refractivity contribution is 5.80. The smallest absolute Gasteiger partial charge is 0.193 e. The van der Waals surface area contributed by atoms with Gasteiger partial charge in [-0.3, -0.25) is 9.89 Å². The summed E-state index contributed by atoms with van der Waals surface area (Å²) < 4.78 is 2.24. The van der Waals surface area contributed by atoms with Crippen molar-refractivity contribution >= 4 is 5.96 Å². The summed E-state index contributed by atoms with van der Waals surface area (Å²) in [5.41, 5.74) is 0. The third-order valence-electron chi connectivity index (χ3n) is 5.32. The highest BCUT2D eigenvalue weighted by atomic mass is 15.3. The van der Waals surface area contributed by atoms with Crippen LogP contribution in [-0.2, 0) is 0 Å². The molecule has 1 aliphatic heterocycles. The van der Waals surface area contributed by atoms with Gasteiger partial charge in [-0.1, -0.05) is 6.92 Å². The molecule has 6 heteroatoms. The first-order valence-corrected chi connectivity index (χ1v) is 9.62. The zero-order valence-electron chi connectivity index (χ0n) is 16.8. The van der Waals surface area contributed by atoms with Crippen LogP contribution >= 0.6 is 0 Å². The first-order chi connectivity index (χ1) is 11.9. The largest absolute Gasteiger partial charge is 0.355 e. The Morgan fingerprint density at radius 3 is 2.60 bits per heavy atom. The Bertz CT molecular complexity index is 514. The second kappa shape index (κ2) is 9.22. The van der Waals surface area contributed by atoms with Crippen molar-refractivity contribution in [3.8, 4) is 0 Å². The van der Waals surface area contributed by atoms with E-state index in [4.69, 9.17) is 0 Å². The van der Waals surface area contributed by atoms with Crippen LogP contribution < -0.4 is 5.32 Å². The van der Waals surface area contributed by atoms with Gasteiger partial charge in [-0.25, -0.2) is 4.98 Å². The number of piperidine rings is 1. The Hall–Kier alpha value is -1.56. The second-order valence-corrected chi connectivity index (χ2v) is 7.69. The zero-order chi connectivity index (χ0) is 18.4. The van der Waals surface area contributed by atoms with Gasteiger partial charge in [0.25, 0.3) is 0 Å². The fraction of sp³-hybridized carbons (Fsp3) is 0.789. The molecule has 1 fully saturated rings. The van der Waals surface area contributed by atoms with Gasteiger partial charge < -0.3 is 14.8 Å². The van der Waals surface area contributed by atoms with Crippen LogP contribution in [0.25, 0.3) is 0 Å². The molecule has 0 aromatic carbocycles. The van der Waals surface area contributed by atoms with Crippen LogP contribution in [0, 0.1) is 5.92 Å². The van der Waals surface area contributed by atoms with Crippen molar-refractivity contribution in [2.24, 2.45) is 10.9 Å². The lowest BCUT2D eigenvalue weighted by atomic mass is 9.93. The molecule has 25 heavy (non-hydrogen) atoms. The lowest BCUT2D eigenvalue weighted by Crippen LogP contribution is -2.51. The first kappa shape index (κ1) is 19.8. The average Bonchev–Trinajstić information content (AvgIpc) is 3.09. The number of likely N-dealkylation sites (tertiary alicyclic amines) is 1. The average molecular weight is 349 g/mol. The summed E-state index contributed by atoms with van der Waals surface area (Å²) in [6.45, 7) is 15.4. The highest BCUT2D eigenvalue weighted by Crippen LogP contribution is 2.27. The lowest BCUT2D eigenvalue weighted by Gasteiger charge is -2.39. The summed E-state index contributed by atoms with van der Waals surface area (Å²) in [7, 11) is 1.88. The van der Waals surface area contributed by atoms with Crippen LogP contribution in [0.5, 0.6) is 0 Å². The maximum absolute atomic E-state index is 4.53. The maximum Gasteiger partial charge on any atom is 0.193 e. The van der Waals surface area contributed by atoms with Gasteiger partial charge in [0.1, 0.15) is 0 Å². The number of rotatable bonds is 6. The molecule has 1 aromatic heterocycles. The molecule has 1 aliphatic rings. The van der Waals surface area contributed by atoms with Gasteiger partial charge in [0.2, 0.25) is 0 Å². The standard InChI is InChI=1S/C19H36N6/c1-15(2)25(16(3)4)12-9-22-19(20-6)23-10-7-17(5)18(13-23)24-11-8-21-14-24/h8,11,14-18H,7,9-10,12-13H2,1-6H3,(H,20,22). The molecule has 1 aromatic rings. The molecule has 1 N–H and O–H groups in total. The summed E-state index contributed by atoms with van der Waals surface area (Å²) >= 11 is 0. The molecule has 2 rings (SSSR count). The first-order valence-electron chi connectivity index (χ1n) is 9.62. The van der Waals surface area contributed by atoms with Crippen molar-refractivity contribution < 1.29 is 0 Å². The van der Waals surface area contributed by atoms with E-state index in [-0.39, 0.29) is 0 Å². The third kappa shape index (κ3) is 5.21. The molecule has 0 amide bonds. The van der Waals surface area contributed by atoms with Gasteiger partial charge in [-0.15, -0.1) is 0 Å². The van der Waals surface area contributed by atoms with Gasteiger partial charge in [-0.2, -0.15) is 0 Å². The molecular formula is C19H36N6. The van der Waals surface area contributed by atoms with E-state index in [9.17, 15) is 0 Å². The molecule has 6 nitrogen and oxygen atoms in total. The van der Waals surface area contributed by atoms with E-state index in [2.05, 4.69) is 70.5 Å². The number of nitrogens with zero attached hydrogens (tertiary/aromatic N) is 5. The van der Waals surface area contributed by atoms with Crippen molar-refractivity contribution in [2.75, 3.05) is 33.2 Å². The van der Waals surface area contributed by atoms with E-state index in [0.717, 1.165) is 32.1 Å². The molecule has 0 aliphatic carbocycles. The molecule has 0 spiro atoms. The Balaban J connectivity index is 1.92. The number of aliphatic imine (C=N–C) groups is 1. The number of guanidine groups is 1. The minimum Gasteiger partial charge on any atom is -0.355 e. The minimum atomic E-state index is 0.456. The molecule has 142 valence electrons. The van der Waals surface area contributed by atoms with E-state index < -0.39 is 0 Å². The monoisotopic (exact) mass is 348 g/mol. The summed E-state index contributed by atoms with van der Waals surface area (Å²) in [6, 6.07) is 1.58. The third-order valence-corrected chi connectivity index (χ3v) is 5.32. The number of hydrogen-bond donors (Lipinski definition) is 1. The molecule has 2 atom stereocenters.